The highest BCUT2D eigenvalue weighted by Crippen LogP contribution is 2.23. The lowest BCUT2D eigenvalue weighted by atomic mass is 10.1. The lowest BCUT2D eigenvalue weighted by Crippen LogP contribution is -2.14. The number of nitrogens with zero attached hydrogens (tertiary/aromatic N) is 2. The molecule has 3 aromatic carbocycles. The molecule has 27 heavy (non-hydrogen) atoms. The van der Waals surface area contributed by atoms with Crippen molar-refractivity contribution >= 4 is 17.0 Å². The molecule has 3 heteroatoms. The van der Waals surface area contributed by atoms with Crippen molar-refractivity contribution in [3.05, 3.63) is 108 Å². The summed E-state index contributed by atoms with van der Waals surface area (Å²) < 4.78 is 2.21. The van der Waals surface area contributed by atoms with Gasteiger partial charge in [-0.05, 0) is 28.8 Å². The van der Waals surface area contributed by atoms with Crippen molar-refractivity contribution in [2.75, 3.05) is 0 Å². The molecular weight excluding hydrogens is 348 g/mol. The SMILES string of the molecule is C=CCn1c(-c2ccccc2)csc1=Nc1ccc(-c2ccccc2)cc1. The Labute approximate surface area is 163 Å². The molecule has 0 bridgehead atoms. The fourth-order valence-corrected chi connectivity index (χ4v) is 3.97. The van der Waals surface area contributed by atoms with Gasteiger partial charge in [0.25, 0.3) is 0 Å². The van der Waals surface area contributed by atoms with E-state index in [4.69, 9.17) is 4.99 Å². The van der Waals surface area contributed by atoms with Crippen LogP contribution in [0.5, 0.6) is 0 Å². The third-order valence-electron chi connectivity index (χ3n) is 4.38. The van der Waals surface area contributed by atoms with Crippen LogP contribution >= 0.6 is 11.3 Å². The number of hydrogen-bond acceptors (Lipinski definition) is 2. The summed E-state index contributed by atoms with van der Waals surface area (Å²) in [5.41, 5.74) is 5.73. The molecule has 0 aliphatic carbocycles. The molecule has 0 radical (unpaired) electrons. The summed E-state index contributed by atoms with van der Waals surface area (Å²) in [6.07, 6.45) is 1.91. The predicted molar refractivity (Wildman–Crippen MR) is 115 cm³/mol. The van der Waals surface area contributed by atoms with Crippen LogP contribution in [0.1, 0.15) is 0 Å². The maximum atomic E-state index is 4.87. The van der Waals surface area contributed by atoms with Gasteiger partial charge in [0.05, 0.1) is 11.4 Å². The highest BCUT2D eigenvalue weighted by atomic mass is 32.1. The van der Waals surface area contributed by atoms with Gasteiger partial charge in [-0.3, -0.25) is 0 Å². The number of thiazole rings is 1. The minimum absolute atomic E-state index is 0.731. The number of aromatic nitrogens is 1. The van der Waals surface area contributed by atoms with E-state index in [0.29, 0.717) is 0 Å². The molecule has 0 spiro atoms. The first-order chi connectivity index (χ1) is 13.3. The largest absolute Gasteiger partial charge is 0.313 e. The van der Waals surface area contributed by atoms with Crippen molar-refractivity contribution < 1.29 is 0 Å². The number of benzene rings is 3. The molecule has 4 aromatic rings. The molecular formula is C24H20N2S. The molecule has 0 atom stereocenters. The van der Waals surface area contributed by atoms with E-state index < -0.39 is 0 Å². The van der Waals surface area contributed by atoms with Gasteiger partial charge in [0.15, 0.2) is 4.80 Å². The Bertz CT molecular complexity index is 1090. The van der Waals surface area contributed by atoms with Crippen LogP contribution in [-0.2, 0) is 6.54 Å². The van der Waals surface area contributed by atoms with Crippen molar-refractivity contribution in [1.29, 1.82) is 0 Å². The van der Waals surface area contributed by atoms with Gasteiger partial charge >= 0.3 is 0 Å². The molecule has 0 N–H and O–H groups in total. The molecule has 4 rings (SSSR count). The maximum absolute atomic E-state index is 4.87. The van der Waals surface area contributed by atoms with Gasteiger partial charge in [0.2, 0.25) is 0 Å². The fourth-order valence-electron chi connectivity index (χ4n) is 3.03. The average molecular weight is 369 g/mol. The van der Waals surface area contributed by atoms with Crippen LogP contribution in [0.15, 0.2) is 108 Å². The molecule has 0 unspecified atom stereocenters. The fraction of sp³-hybridized carbons (Fsp3) is 0.0417. The van der Waals surface area contributed by atoms with Crippen molar-refractivity contribution in [1.82, 2.24) is 4.57 Å². The second-order valence-corrected chi connectivity index (χ2v) is 7.03. The summed E-state index contributed by atoms with van der Waals surface area (Å²) in [6.45, 7) is 4.64. The van der Waals surface area contributed by atoms with Crippen LogP contribution in [0.2, 0.25) is 0 Å². The van der Waals surface area contributed by atoms with Gasteiger partial charge in [-0.25, -0.2) is 4.99 Å². The third-order valence-corrected chi connectivity index (χ3v) is 5.24. The first kappa shape index (κ1) is 17.3. The molecule has 0 fully saturated rings. The van der Waals surface area contributed by atoms with Gasteiger partial charge in [-0.2, -0.15) is 0 Å². The lowest BCUT2D eigenvalue weighted by Gasteiger charge is -2.06. The van der Waals surface area contributed by atoms with Crippen LogP contribution in [0.25, 0.3) is 22.4 Å². The first-order valence-corrected chi connectivity index (χ1v) is 9.78. The Hall–Kier alpha value is -3.17. The van der Waals surface area contributed by atoms with Gasteiger partial charge in [-0.15, -0.1) is 17.9 Å². The molecule has 1 aromatic heterocycles. The normalized spacial score (nSPS) is 11.5. The monoisotopic (exact) mass is 368 g/mol. The Morgan fingerprint density at radius 2 is 1.37 bits per heavy atom. The van der Waals surface area contributed by atoms with E-state index in [9.17, 15) is 0 Å². The molecule has 0 saturated carbocycles. The Morgan fingerprint density at radius 3 is 2.00 bits per heavy atom. The van der Waals surface area contributed by atoms with Gasteiger partial charge in [0.1, 0.15) is 0 Å². The third kappa shape index (κ3) is 3.83. The van der Waals surface area contributed by atoms with Crippen LogP contribution < -0.4 is 4.80 Å². The summed E-state index contributed by atoms with van der Waals surface area (Å²) >= 11 is 1.65. The van der Waals surface area contributed by atoms with Crippen molar-refractivity contribution in [2.45, 2.75) is 6.54 Å². The first-order valence-electron chi connectivity index (χ1n) is 8.90. The van der Waals surface area contributed by atoms with Gasteiger partial charge in [0, 0.05) is 11.9 Å². The molecule has 0 amide bonds. The molecule has 1 heterocycles. The zero-order valence-corrected chi connectivity index (χ0v) is 15.8. The smallest absolute Gasteiger partial charge is 0.190 e. The zero-order valence-electron chi connectivity index (χ0n) is 15.0. The molecule has 0 aliphatic rings. The van der Waals surface area contributed by atoms with E-state index in [2.05, 4.69) is 89.3 Å². The number of allylic oxidation sites excluding steroid dienone is 1. The van der Waals surface area contributed by atoms with Crippen molar-refractivity contribution in [3.8, 4) is 22.4 Å². The van der Waals surface area contributed by atoms with E-state index in [1.165, 1.54) is 22.4 Å². The molecule has 0 saturated heterocycles. The topological polar surface area (TPSA) is 17.3 Å². The Kier molecular flexibility index (Phi) is 5.13. The van der Waals surface area contributed by atoms with E-state index >= 15 is 0 Å². The summed E-state index contributed by atoms with van der Waals surface area (Å²) in [5, 5.41) is 2.16. The highest BCUT2D eigenvalue weighted by molar-refractivity contribution is 7.07. The lowest BCUT2D eigenvalue weighted by molar-refractivity contribution is 0.800. The second-order valence-electron chi connectivity index (χ2n) is 6.19. The van der Waals surface area contributed by atoms with E-state index in [1.54, 1.807) is 11.3 Å². The highest BCUT2D eigenvalue weighted by Gasteiger charge is 2.06. The van der Waals surface area contributed by atoms with Gasteiger partial charge < -0.3 is 4.57 Å². The standard InChI is InChI=1S/C24H20N2S/c1-2-17-26-23(21-11-7-4-8-12-21)18-27-24(26)25-22-15-13-20(14-16-22)19-9-5-3-6-10-19/h2-16,18H,1,17H2. The number of rotatable bonds is 5. The summed E-state index contributed by atoms with van der Waals surface area (Å²) in [4.78, 5) is 5.85. The average Bonchev–Trinajstić information content (AvgIpc) is 3.12. The summed E-state index contributed by atoms with van der Waals surface area (Å²) in [5.74, 6) is 0. The van der Waals surface area contributed by atoms with Crippen LogP contribution in [-0.4, -0.2) is 4.57 Å². The maximum Gasteiger partial charge on any atom is 0.190 e. The zero-order chi connectivity index (χ0) is 18.5. The van der Waals surface area contributed by atoms with Crippen molar-refractivity contribution in [3.63, 3.8) is 0 Å². The summed E-state index contributed by atoms with van der Waals surface area (Å²) in [6, 6.07) is 29.2. The minimum Gasteiger partial charge on any atom is -0.313 e. The minimum atomic E-state index is 0.731. The molecule has 2 nitrogen and oxygen atoms in total. The molecule has 0 aliphatic heterocycles. The number of hydrogen-bond donors (Lipinski definition) is 0. The van der Waals surface area contributed by atoms with E-state index in [-0.39, 0.29) is 0 Å². The van der Waals surface area contributed by atoms with Crippen LogP contribution in [0, 0.1) is 0 Å². The van der Waals surface area contributed by atoms with Crippen LogP contribution in [0.3, 0.4) is 0 Å². The summed E-state index contributed by atoms with van der Waals surface area (Å²) in [7, 11) is 0. The van der Waals surface area contributed by atoms with Crippen LogP contribution in [0.4, 0.5) is 5.69 Å². The van der Waals surface area contributed by atoms with Crippen molar-refractivity contribution in [2.24, 2.45) is 4.99 Å². The second kappa shape index (κ2) is 8.02. The Morgan fingerprint density at radius 1 is 0.778 bits per heavy atom. The quantitative estimate of drug-likeness (QED) is 0.368. The van der Waals surface area contributed by atoms with E-state index in [0.717, 1.165) is 17.0 Å². The van der Waals surface area contributed by atoms with E-state index in [1.807, 2.05) is 18.2 Å². The Balaban J connectivity index is 1.72. The predicted octanol–water partition coefficient (Wildman–Crippen LogP) is 6.30. The van der Waals surface area contributed by atoms with Gasteiger partial charge in [-0.1, -0.05) is 78.9 Å². The molecule has 132 valence electrons.